The number of anilines is 2. The van der Waals surface area contributed by atoms with Gasteiger partial charge in [0.25, 0.3) is 0 Å². The Hall–Kier alpha value is -2.27. The molecule has 1 aromatic carbocycles. The third-order valence-corrected chi connectivity index (χ3v) is 3.77. The Morgan fingerprint density at radius 1 is 1.19 bits per heavy atom. The van der Waals surface area contributed by atoms with Crippen LogP contribution in [0.5, 0.6) is 0 Å². The van der Waals surface area contributed by atoms with Crippen LogP contribution in [0.4, 0.5) is 11.8 Å². The highest BCUT2D eigenvalue weighted by Crippen LogP contribution is 2.30. The van der Waals surface area contributed by atoms with E-state index in [1.807, 2.05) is 24.3 Å². The van der Waals surface area contributed by atoms with E-state index in [1.54, 1.807) is 6.26 Å². The summed E-state index contributed by atoms with van der Waals surface area (Å²) in [5.41, 5.74) is 14.1. The molecular formula is C15H15ClN4O. The maximum atomic E-state index is 5.93. The van der Waals surface area contributed by atoms with Crippen LogP contribution in [0.25, 0.3) is 11.1 Å². The van der Waals surface area contributed by atoms with E-state index >= 15 is 0 Å². The first-order valence-corrected chi connectivity index (χ1v) is 6.97. The largest absolute Gasteiger partial charge is 0.446 e. The molecule has 0 radical (unpaired) electrons. The van der Waals surface area contributed by atoms with E-state index in [4.69, 9.17) is 27.5 Å². The molecule has 3 rings (SSSR count). The summed E-state index contributed by atoms with van der Waals surface area (Å²) < 4.78 is 5.43. The average molecular weight is 303 g/mol. The fraction of sp³-hybridized carbons (Fsp3) is 0.200. The second-order valence-electron chi connectivity index (χ2n) is 5.06. The lowest BCUT2D eigenvalue weighted by atomic mass is 9.94. The van der Waals surface area contributed by atoms with Gasteiger partial charge in [-0.2, -0.15) is 9.97 Å². The fourth-order valence-corrected chi connectivity index (χ4v) is 2.56. The van der Waals surface area contributed by atoms with Crippen molar-refractivity contribution in [3.63, 3.8) is 0 Å². The number of fused-ring (bicyclic) bond motifs is 1. The average Bonchev–Trinajstić information content (AvgIpc) is 2.82. The van der Waals surface area contributed by atoms with E-state index in [1.165, 1.54) is 5.56 Å². The maximum absolute atomic E-state index is 5.93. The number of halogens is 1. The Bertz CT molecular complexity index is 782. The lowest BCUT2D eigenvalue weighted by Gasteiger charge is -2.11. The summed E-state index contributed by atoms with van der Waals surface area (Å²) in [6, 6.07) is 7.82. The number of aromatic nitrogens is 2. The minimum Gasteiger partial charge on any atom is -0.446 e. The monoisotopic (exact) mass is 302 g/mol. The van der Waals surface area contributed by atoms with Gasteiger partial charge in [0.2, 0.25) is 11.7 Å². The van der Waals surface area contributed by atoms with E-state index in [9.17, 15) is 0 Å². The summed E-state index contributed by atoms with van der Waals surface area (Å²) in [6.07, 6.45) is 2.44. The molecule has 4 N–H and O–H groups in total. The molecular weight excluding hydrogens is 288 g/mol. The third-order valence-electron chi connectivity index (χ3n) is 3.52. The second kappa shape index (κ2) is 5.26. The van der Waals surface area contributed by atoms with Crippen molar-refractivity contribution in [2.24, 2.45) is 0 Å². The number of benzene rings is 1. The van der Waals surface area contributed by atoms with Crippen molar-refractivity contribution >= 4 is 34.5 Å². The van der Waals surface area contributed by atoms with Crippen molar-refractivity contribution in [1.29, 1.82) is 0 Å². The summed E-state index contributed by atoms with van der Waals surface area (Å²) in [7, 11) is 0. The first-order valence-electron chi connectivity index (χ1n) is 6.59. The molecule has 2 aromatic heterocycles. The molecule has 3 aromatic rings. The third kappa shape index (κ3) is 2.64. The van der Waals surface area contributed by atoms with E-state index in [0.717, 1.165) is 22.4 Å². The highest BCUT2D eigenvalue weighted by atomic mass is 35.5. The van der Waals surface area contributed by atoms with E-state index in [0.29, 0.717) is 17.4 Å². The van der Waals surface area contributed by atoms with Gasteiger partial charge in [-0.15, -0.1) is 0 Å². The predicted molar refractivity (Wildman–Crippen MR) is 84.2 cm³/mol. The molecule has 21 heavy (non-hydrogen) atoms. The molecule has 0 fully saturated rings. The summed E-state index contributed by atoms with van der Waals surface area (Å²) >= 11 is 5.91. The van der Waals surface area contributed by atoms with Crippen molar-refractivity contribution < 1.29 is 4.42 Å². The van der Waals surface area contributed by atoms with E-state index in [2.05, 4.69) is 16.9 Å². The highest BCUT2D eigenvalue weighted by Gasteiger charge is 2.16. The summed E-state index contributed by atoms with van der Waals surface area (Å²) in [4.78, 5) is 8.04. The van der Waals surface area contributed by atoms with E-state index in [-0.39, 0.29) is 5.95 Å². The van der Waals surface area contributed by atoms with Crippen LogP contribution in [0.2, 0.25) is 5.02 Å². The van der Waals surface area contributed by atoms with Crippen molar-refractivity contribution in [2.45, 2.75) is 19.3 Å². The Morgan fingerprint density at radius 2 is 1.90 bits per heavy atom. The molecule has 5 nitrogen and oxygen atoms in total. The molecule has 6 heteroatoms. The van der Waals surface area contributed by atoms with Crippen LogP contribution >= 0.6 is 11.6 Å². The Morgan fingerprint density at radius 3 is 2.62 bits per heavy atom. The fourth-order valence-electron chi connectivity index (χ4n) is 2.44. The molecule has 0 aliphatic carbocycles. The molecule has 0 spiro atoms. The lowest BCUT2D eigenvalue weighted by molar-refractivity contribution is 0.595. The van der Waals surface area contributed by atoms with Gasteiger partial charge in [-0.25, -0.2) is 0 Å². The van der Waals surface area contributed by atoms with Gasteiger partial charge < -0.3 is 15.9 Å². The van der Waals surface area contributed by atoms with Crippen molar-refractivity contribution in [3.05, 3.63) is 46.7 Å². The standard InChI is InChI=1S/C15H15ClN4O/c1-8(9-2-4-11(16)5-3-9)6-10-7-21-14-12(10)13(17)19-15(18)20-14/h2-5,7-8H,6H2,1H3,(H4,17,18,19,20). The number of nitrogens with zero attached hydrogens (tertiary/aromatic N) is 2. The van der Waals surface area contributed by atoms with Crippen molar-refractivity contribution in [3.8, 4) is 0 Å². The Kier molecular flexibility index (Phi) is 3.43. The first-order chi connectivity index (χ1) is 10.0. The Balaban J connectivity index is 1.93. The molecule has 0 amide bonds. The number of hydrogen-bond acceptors (Lipinski definition) is 5. The number of nitrogen functional groups attached to an aromatic ring is 2. The molecule has 2 heterocycles. The topological polar surface area (TPSA) is 91.0 Å². The molecule has 0 bridgehead atoms. The molecule has 0 saturated carbocycles. The molecule has 108 valence electrons. The van der Waals surface area contributed by atoms with Gasteiger partial charge in [0.05, 0.1) is 11.6 Å². The van der Waals surface area contributed by atoms with Crippen LogP contribution in [0.1, 0.15) is 24.0 Å². The second-order valence-corrected chi connectivity index (χ2v) is 5.50. The van der Waals surface area contributed by atoms with Crippen LogP contribution in [0, 0.1) is 0 Å². The van der Waals surface area contributed by atoms with Gasteiger partial charge >= 0.3 is 0 Å². The number of nitrogens with two attached hydrogens (primary N) is 2. The maximum Gasteiger partial charge on any atom is 0.233 e. The molecule has 0 saturated heterocycles. The highest BCUT2D eigenvalue weighted by molar-refractivity contribution is 6.30. The van der Waals surface area contributed by atoms with Gasteiger partial charge in [0.1, 0.15) is 5.82 Å². The van der Waals surface area contributed by atoms with E-state index < -0.39 is 0 Å². The zero-order valence-corrected chi connectivity index (χ0v) is 12.3. The van der Waals surface area contributed by atoms with Crippen LogP contribution in [-0.4, -0.2) is 9.97 Å². The minimum absolute atomic E-state index is 0.117. The molecule has 1 atom stereocenters. The zero-order chi connectivity index (χ0) is 15.0. The summed E-state index contributed by atoms with van der Waals surface area (Å²) in [6.45, 7) is 2.14. The van der Waals surface area contributed by atoms with Gasteiger partial charge in [0, 0.05) is 10.6 Å². The molecule has 0 aliphatic rings. The lowest BCUT2D eigenvalue weighted by Crippen LogP contribution is -2.02. The molecule has 0 aliphatic heterocycles. The van der Waals surface area contributed by atoms with Gasteiger partial charge in [-0.05, 0) is 30.0 Å². The normalized spacial score (nSPS) is 12.7. The molecule has 1 unspecified atom stereocenters. The zero-order valence-electron chi connectivity index (χ0n) is 11.5. The number of rotatable bonds is 3. The van der Waals surface area contributed by atoms with Gasteiger partial charge in [-0.1, -0.05) is 30.7 Å². The number of hydrogen-bond donors (Lipinski definition) is 2. The Labute approximate surface area is 126 Å². The first kappa shape index (κ1) is 13.7. The SMILES string of the molecule is CC(Cc1coc2nc(N)nc(N)c12)c1ccc(Cl)cc1. The smallest absolute Gasteiger partial charge is 0.233 e. The van der Waals surface area contributed by atoms with Crippen LogP contribution in [0.15, 0.2) is 34.9 Å². The quantitative estimate of drug-likeness (QED) is 0.774. The number of furan rings is 1. The van der Waals surface area contributed by atoms with Crippen molar-refractivity contribution in [2.75, 3.05) is 11.5 Å². The predicted octanol–water partition coefficient (Wildman–Crippen LogP) is 3.39. The summed E-state index contributed by atoms with van der Waals surface area (Å²) in [5.74, 6) is 0.760. The van der Waals surface area contributed by atoms with Gasteiger partial charge in [-0.3, -0.25) is 0 Å². The van der Waals surface area contributed by atoms with Crippen LogP contribution < -0.4 is 11.5 Å². The minimum atomic E-state index is 0.117. The van der Waals surface area contributed by atoms with Gasteiger partial charge in [0.15, 0.2) is 0 Å². The van der Waals surface area contributed by atoms with Crippen LogP contribution in [-0.2, 0) is 6.42 Å². The van der Waals surface area contributed by atoms with Crippen molar-refractivity contribution in [1.82, 2.24) is 9.97 Å². The van der Waals surface area contributed by atoms with Crippen LogP contribution in [0.3, 0.4) is 0 Å². The summed E-state index contributed by atoms with van der Waals surface area (Å²) in [5, 5.41) is 1.47.